The van der Waals surface area contributed by atoms with E-state index in [0.29, 0.717) is 5.56 Å². The quantitative estimate of drug-likeness (QED) is 0.787. The number of rotatable bonds is 4. The summed E-state index contributed by atoms with van der Waals surface area (Å²) in [5, 5.41) is 0. The van der Waals surface area contributed by atoms with Crippen LogP contribution in [0.1, 0.15) is 23.1 Å². The maximum absolute atomic E-state index is 12.6. The topological polar surface area (TPSA) is 44.5 Å². The average molecular weight is 217 g/mol. The molecular formula is C10H13F2NO2. The Morgan fingerprint density at radius 3 is 2.53 bits per heavy atom. The molecule has 0 aliphatic heterocycles. The van der Waals surface area contributed by atoms with Gasteiger partial charge in [0.05, 0.1) is 19.3 Å². The summed E-state index contributed by atoms with van der Waals surface area (Å²) in [7, 11) is 1.35. The molecule has 1 aromatic rings. The molecule has 15 heavy (non-hydrogen) atoms. The van der Waals surface area contributed by atoms with E-state index in [-0.39, 0.29) is 17.9 Å². The van der Waals surface area contributed by atoms with E-state index in [4.69, 9.17) is 10.6 Å². The fourth-order valence-corrected chi connectivity index (χ4v) is 1.42. The van der Waals surface area contributed by atoms with Crippen LogP contribution in [0.3, 0.4) is 0 Å². The number of hydrogen-bond donors (Lipinski definition) is 1. The lowest BCUT2D eigenvalue weighted by atomic mass is 10.0. The number of alkyl halides is 2. The third kappa shape index (κ3) is 2.43. The zero-order valence-electron chi connectivity index (χ0n) is 8.59. The van der Waals surface area contributed by atoms with Crippen LogP contribution in [0.15, 0.2) is 12.1 Å². The van der Waals surface area contributed by atoms with Crippen LogP contribution in [0.25, 0.3) is 0 Å². The summed E-state index contributed by atoms with van der Waals surface area (Å²) in [6, 6.07) is 2.94. The van der Waals surface area contributed by atoms with Crippen molar-refractivity contribution in [3.05, 3.63) is 28.8 Å². The van der Waals surface area contributed by atoms with Gasteiger partial charge in [0.15, 0.2) is 0 Å². The normalized spacial score (nSPS) is 10.8. The highest BCUT2D eigenvalue weighted by Crippen LogP contribution is 2.34. The van der Waals surface area contributed by atoms with Crippen LogP contribution < -0.4 is 10.6 Å². The van der Waals surface area contributed by atoms with Crippen LogP contribution in [-0.4, -0.2) is 7.11 Å². The predicted octanol–water partition coefficient (Wildman–Crippen LogP) is 2.33. The van der Waals surface area contributed by atoms with Gasteiger partial charge in [0, 0.05) is 5.56 Å². The highest BCUT2D eigenvalue weighted by molar-refractivity contribution is 5.46. The predicted molar refractivity (Wildman–Crippen MR) is 51.7 cm³/mol. The summed E-state index contributed by atoms with van der Waals surface area (Å²) in [6.07, 6.45) is -2.57. The Bertz CT molecular complexity index is 342. The lowest BCUT2D eigenvalue weighted by Crippen LogP contribution is -2.05. The Labute approximate surface area is 86.7 Å². The van der Waals surface area contributed by atoms with E-state index in [1.807, 2.05) is 0 Å². The fraction of sp³-hybridized carbons (Fsp3) is 0.400. The SMILES string of the molecule is COc1c(C(F)F)ccc(C)c1CON. The van der Waals surface area contributed by atoms with Crippen molar-refractivity contribution >= 4 is 0 Å². The minimum absolute atomic E-state index is 0.0512. The van der Waals surface area contributed by atoms with Crippen molar-refractivity contribution in [2.75, 3.05) is 7.11 Å². The number of benzene rings is 1. The van der Waals surface area contributed by atoms with E-state index in [9.17, 15) is 8.78 Å². The first-order chi connectivity index (χ1) is 7.11. The molecule has 0 amide bonds. The van der Waals surface area contributed by atoms with Crippen molar-refractivity contribution in [2.24, 2.45) is 5.90 Å². The van der Waals surface area contributed by atoms with Crippen molar-refractivity contribution < 1.29 is 18.4 Å². The molecule has 0 fully saturated rings. The van der Waals surface area contributed by atoms with E-state index in [1.54, 1.807) is 13.0 Å². The van der Waals surface area contributed by atoms with E-state index >= 15 is 0 Å². The second-order valence-electron chi connectivity index (χ2n) is 3.10. The van der Waals surface area contributed by atoms with Gasteiger partial charge in [-0.3, -0.25) is 4.84 Å². The van der Waals surface area contributed by atoms with Gasteiger partial charge in [0.25, 0.3) is 6.43 Å². The maximum Gasteiger partial charge on any atom is 0.267 e. The van der Waals surface area contributed by atoms with Crippen molar-refractivity contribution in [2.45, 2.75) is 20.0 Å². The Morgan fingerprint density at radius 2 is 2.07 bits per heavy atom. The largest absolute Gasteiger partial charge is 0.496 e. The van der Waals surface area contributed by atoms with Gasteiger partial charge in [0.1, 0.15) is 5.75 Å². The van der Waals surface area contributed by atoms with E-state index < -0.39 is 6.43 Å². The van der Waals surface area contributed by atoms with E-state index in [0.717, 1.165) is 5.56 Å². The monoisotopic (exact) mass is 217 g/mol. The van der Waals surface area contributed by atoms with E-state index in [2.05, 4.69) is 4.84 Å². The minimum atomic E-state index is -2.57. The van der Waals surface area contributed by atoms with Crippen molar-refractivity contribution in [1.82, 2.24) is 0 Å². The molecule has 1 rings (SSSR count). The van der Waals surface area contributed by atoms with Crippen molar-refractivity contribution in [3.63, 3.8) is 0 Å². The summed E-state index contributed by atoms with van der Waals surface area (Å²) < 4.78 is 30.2. The Morgan fingerprint density at radius 1 is 1.40 bits per heavy atom. The molecule has 0 aromatic heterocycles. The number of nitrogens with two attached hydrogens (primary N) is 1. The smallest absolute Gasteiger partial charge is 0.267 e. The van der Waals surface area contributed by atoms with Gasteiger partial charge in [-0.25, -0.2) is 14.7 Å². The molecule has 0 saturated carbocycles. The zero-order valence-corrected chi connectivity index (χ0v) is 8.59. The van der Waals surface area contributed by atoms with Gasteiger partial charge in [-0.1, -0.05) is 6.07 Å². The first-order valence-electron chi connectivity index (χ1n) is 4.38. The van der Waals surface area contributed by atoms with Gasteiger partial charge < -0.3 is 4.74 Å². The van der Waals surface area contributed by atoms with Gasteiger partial charge in [-0.05, 0) is 18.6 Å². The molecule has 0 atom stereocenters. The highest BCUT2D eigenvalue weighted by Gasteiger charge is 2.18. The molecule has 1 aromatic carbocycles. The number of aryl methyl sites for hydroxylation is 1. The Kier molecular flexibility index (Phi) is 3.99. The fourth-order valence-electron chi connectivity index (χ4n) is 1.42. The maximum atomic E-state index is 12.6. The van der Waals surface area contributed by atoms with Crippen LogP contribution in [0.5, 0.6) is 5.75 Å². The Hall–Kier alpha value is -1.20. The van der Waals surface area contributed by atoms with Crippen LogP contribution >= 0.6 is 0 Å². The molecule has 0 radical (unpaired) electrons. The van der Waals surface area contributed by atoms with Gasteiger partial charge in [-0.2, -0.15) is 0 Å². The molecule has 0 saturated heterocycles. The van der Waals surface area contributed by atoms with Crippen LogP contribution in [0.4, 0.5) is 8.78 Å². The highest BCUT2D eigenvalue weighted by atomic mass is 19.3. The van der Waals surface area contributed by atoms with Crippen molar-refractivity contribution in [3.8, 4) is 5.75 Å². The molecular weight excluding hydrogens is 204 g/mol. The summed E-state index contributed by atoms with van der Waals surface area (Å²) in [4.78, 5) is 4.46. The summed E-state index contributed by atoms with van der Waals surface area (Å²) >= 11 is 0. The van der Waals surface area contributed by atoms with Crippen molar-refractivity contribution in [1.29, 1.82) is 0 Å². The zero-order chi connectivity index (χ0) is 11.4. The molecule has 3 nitrogen and oxygen atoms in total. The lowest BCUT2D eigenvalue weighted by molar-refractivity contribution is 0.119. The Balaban J connectivity index is 3.26. The average Bonchev–Trinajstić information content (AvgIpc) is 2.20. The molecule has 84 valence electrons. The van der Waals surface area contributed by atoms with Crippen LogP contribution in [0.2, 0.25) is 0 Å². The standard InChI is InChI=1S/C10H13F2NO2/c1-6-3-4-7(10(11)12)9(14-2)8(6)5-15-13/h3-4,10H,5,13H2,1-2H3. The number of ether oxygens (including phenoxy) is 1. The molecule has 0 aliphatic carbocycles. The number of halogens is 2. The molecule has 2 N–H and O–H groups in total. The minimum Gasteiger partial charge on any atom is -0.496 e. The summed E-state index contributed by atoms with van der Waals surface area (Å²) in [5.74, 6) is 5.08. The molecule has 5 heteroatoms. The van der Waals surface area contributed by atoms with Crippen LogP contribution in [-0.2, 0) is 11.4 Å². The number of hydrogen-bond acceptors (Lipinski definition) is 3. The van der Waals surface area contributed by atoms with Gasteiger partial charge >= 0.3 is 0 Å². The second-order valence-corrected chi connectivity index (χ2v) is 3.10. The van der Waals surface area contributed by atoms with Gasteiger partial charge in [0.2, 0.25) is 0 Å². The summed E-state index contributed by atoms with van der Waals surface area (Å²) in [6.45, 7) is 1.84. The lowest BCUT2D eigenvalue weighted by Gasteiger charge is -2.14. The number of methoxy groups -OCH3 is 1. The first-order valence-corrected chi connectivity index (χ1v) is 4.38. The van der Waals surface area contributed by atoms with Gasteiger partial charge in [-0.15, -0.1) is 0 Å². The third-order valence-electron chi connectivity index (χ3n) is 2.19. The third-order valence-corrected chi connectivity index (χ3v) is 2.19. The molecule has 0 heterocycles. The summed E-state index contributed by atoms with van der Waals surface area (Å²) in [5.41, 5.74) is 1.22. The molecule has 0 spiro atoms. The molecule has 0 unspecified atom stereocenters. The molecule has 0 bridgehead atoms. The first kappa shape index (κ1) is 11.9. The van der Waals surface area contributed by atoms with E-state index in [1.165, 1.54) is 13.2 Å². The van der Waals surface area contributed by atoms with Crippen LogP contribution in [0, 0.1) is 6.92 Å². The second kappa shape index (κ2) is 5.04. The molecule has 0 aliphatic rings.